The van der Waals surface area contributed by atoms with Crippen molar-refractivity contribution in [2.45, 2.75) is 30.4 Å². The van der Waals surface area contributed by atoms with Gasteiger partial charge >= 0.3 is 0 Å². The summed E-state index contributed by atoms with van der Waals surface area (Å²) >= 11 is 1.17. The lowest BCUT2D eigenvalue weighted by Crippen LogP contribution is -2.47. The number of amides is 2. The molecule has 30 heavy (non-hydrogen) atoms. The monoisotopic (exact) mass is 449 g/mol. The second-order valence-electron chi connectivity index (χ2n) is 7.39. The van der Waals surface area contributed by atoms with Crippen LogP contribution in [0.2, 0.25) is 0 Å². The minimum atomic E-state index is -3.58. The van der Waals surface area contributed by atoms with Gasteiger partial charge in [-0.25, -0.2) is 8.42 Å². The first kappa shape index (κ1) is 22.5. The van der Waals surface area contributed by atoms with E-state index in [1.54, 1.807) is 24.6 Å². The number of para-hydroxylation sites is 1. The summed E-state index contributed by atoms with van der Waals surface area (Å²) in [6.07, 6.45) is 2.02. The lowest BCUT2D eigenvalue weighted by molar-refractivity contribution is -0.138. The first-order chi connectivity index (χ1) is 14.3. The van der Waals surface area contributed by atoms with Crippen molar-refractivity contribution in [1.29, 1.82) is 0 Å². The summed E-state index contributed by atoms with van der Waals surface area (Å²) in [6, 6.07) is 10.9. The fraction of sp³-hybridized carbons (Fsp3) is 0.429. The Morgan fingerprint density at radius 3 is 2.70 bits per heavy atom. The summed E-state index contributed by atoms with van der Waals surface area (Å²) in [6.45, 7) is 2.48. The van der Waals surface area contributed by atoms with E-state index in [2.05, 4.69) is 5.32 Å². The van der Waals surface area contributed by atoms with Crippen molar-refractivity contribution in [3.05, 3.63) is 47.3 Å². The molecular formula is C21H27N3O4S2. The molecule has 1 N–H and O–H groups in total. The van der Waals surface area contributed by atoms with Crippen LogP contribution in [0.3, 0.4) is 0 Å². The van der Waals surface area contributed by atoms with Crippen molar-refractivity contribution in [2.24, 2.45) is 5.92 Å². The highest BCUT2D eigenvalue weighted by atomic mass is 32.2. The van der Waals surface area contributed by atoms with E-state index in [9.17, 15) is 18.0 Å². The van der Waals surface area contributed by atoms with Crippen LogP contribution in [0.5, 0.6) is 0 Å². The molecule has 0 aliphatic carbocycles. The second-order valence-corrected chi connectivity index (χ2v) is 10.5. The molecule has 1 unspecified atom stereocenters. The third-order valence-electron chi connectivity index (χ3n) is 5.25. The van der Waals surface area contributed by atoms with E-state index in [-0.39, 0.29) is 29.1 Å². The van der Waals surface area contributed by atoms with Crippen LogP contribution >= 0.6 is 11.3 Å². The molecule has 0 radical (unpaired) electrons. The molecule has 1 fully saturated rings. The van der Waals surface area contributed by atoms with Crippen LogP contribution in [0, 0.1) is 5.92 Å². The van der Waals surface area contributed by atoms with Crippen LogP contribution in [-0.2, 0) is 26.0 Å². The lowest BCUT2D eigenvalue weighted by atomic mass is 9.98. The van der Waals surface area contributed by atoms with Gasteiger partial charge in [-0.05, 0) is 42.3 Å². The van der Waals surface area contributed by atoms with Gasteiger partial charge in [0.15, 0.2) is 0 Å². The molecular weight excluding hydrogens is 422 g/mol. The van der Waals surface area contributed by atoms with E-state index in [0.29, 0.717) is 19.4 Å². The predicted octanol–water partition coefficient (Wildman–Crippen LogP) is 2.81. The van der Waals surface area contributed by atoms with E-state index in [4.69, 9.17) is 0 Å². The standard InChI is InChI=1S/C21H27N3O4S2/c1-3-16-8-4-5-10-18(16)22-19(25)15-23(2)21(26)17-9-6-12-24(14-17)30(27,28)20-11-7-13-29-20/h4-5,7-8,10-11,13,17H,3,6,9,12,14-15H2,1-2H3,(H,22,25). The molecule has 1 aromatic carbocycles. The quantitative estimate of drug-likeness (QED) is 0.704. The Hall–Kier alpha value is -2.23. The number of thiophene rings is 1. The topological polar surface area (TPSA) is 86.8 Å². The number of likely N-dealkylation sites (N-methyl/N-ethyl adjacent to an activating group) is 1. The number of anilines is 1. The van der Waals surface area contributed by atoms with Gasteiger partial charge in [0.05, 0.1) is 12.5 Å². The Bertz CT molecular complexity index is 989. The molecule has 2 aromatic rings. The van der Waals surface area contributed by atoms with Crippen molar-refractivity contribution >= 4 is 38.9 Å². The zero-order chi connectivity index (χ0) is 21.7. The number of piperidine rings is 1. The molecule has 1 aliphatic rings. The van der Waals surface area contributed by atoms with Gasteiger partial charge in [-0.1, -0.05) is 31.2 Å². The van der Waals surface area contributed by atoms with Crippen molar-refractivity contribution in [3.8, 4) is 0 Å². The van der Waals surface area contributed by atoms with Gasteiger partial charge < -0.3 is 10.2 Å². The number of carbonyl (C=O) groups excluding carboxylic acids is 2. The summed E-state index contributed by atoms with van der Waals surface area (Å²) in [4.78, 5) is 26.7. The molecule has 162 valence electrons. The van der Waals surface area contributed by atoms with Crippen molar-refractivity contribution in [3.63, 3.8) is 0 Å². The summed E-state index contributed by atoms with van der Waals surface area (Å²) in [5.41, 5.74) is 1.78. The van der Waals surface area contributed by atoms with Crippen molar-refractivity contribution in [2.75, 3.05) is 32.0 Å². The SMILES string of the molecule is CCc1ccccc1NC(=O)CN(C)C(=O)C1CCCN(S(=O)(=O)c2cccs2)C1. The first-order valence-corrected chi connectivity index (χ1v) is 12.3. The molecule has 7 nitrogen and oxygen atoms in total. The smallest absolute Gasteiger partial charge is 0.252 e. The Morgan fingerprint density at radius 1 is 1.23 bits per heavy atom. The molecule has 1 aliphatic heterocycles. The van der Waals surface area contributed by atoms with Gasteiger partial charge in [0, 0.05) is 25.8 Å². The van der Waals surface area contributed by atoms with E-state index >= 15 is 0 Å². The summed E-state index contributed by atoms with van der Waals surface area (Å²) < 4.78 is 27.2. The van der Waals surface area contributed by atoms with E-state index in [1.165, 1.54) is 20.5 Å². The fourth-order valence-electron chi connectivity index (χ4n) is 3.65. The van der Waals surface area contributed by atoms with Crippen LogP contribution in [0.25, 0.3) is 0 Å². The summed E-state index contributed by atoms with van der Waals surface area (Å²) in [7, 11) is -2.00. The summed E-state index contributed by atoms with van der Waals surface area (Å²) in [5.74, 6) is -0.931. The van der Waals surface area contributed by atoms with Gasteiger partial charge in [0.2, 0.25) is 11.8 Å². The number of benzene rings is 1. The molecule has 0 saturated carbocycles. The van der Waals surface area contributed by atoms with E-state index < -0.39 is 15.9 Å². The van der Waals surface area contributed by atoms with Gasteiger partial charge in [0.25, 0.3) is 10.0 Å². The van der Waals surface area contributed by atoms with Crippen LogP contribution in [0.4, 0.5) is 5.69 Å². The number of aryl methyl sites for hydroxylation is 1. The average molecular weight is 450 g/mol. The number of hydrogen-bond acceptors (Lipinski definition) is 5. The zero-order valence-electron chi connectivity index (χ0n) is 17.2. The van der Waals surface area contributed by atoms with Crippen LogP contribution in [0.1, 0.15) is 25.3 Å². The zero-order valence-corrected chi connectivity index (χ0v) is 18.8. The molecule has 3 rings (SSSR count). The first-order valence-electron chi connectivity index (χ1n) is 9.99. The van der Waals surface area contributed by atoms with E-state index in [0.717, 1.165) is 17.7 Å². The van der Waals surface area contributed by atoms with Crippen LogP contribution < -0.4 is 5.32 Å². The predicted molar refractivity (Wildman–Crippen MR) is 118 cm³/mol. The van der Waals surface area contributed by atoms with Crippen LogP contribution in [0.15, 0.2) is 46.0 Å². The second kappa shape index (κ2) is 9.72. The third kappa shape index (κ3) is 5.08. The van der Waals surface area contributed by atoms with E-state index in [1.807, 2.05) is 31.2 Å². The molecule has 2 heterocycles. The minimum Gasteiger partial charge on any atom is -0.336 e. The molecule has 1 atom stereocenters. The van der Waals surface area contributed by atoms with Gasteiger partial charge in [-0.3, -0.25) is 9.59 Å². The lowest BCUT2D eigenvalue weighted by Gasteiger charge is -2.32. The number of hydrogen-bond donors (Lipinski definition) is 1. The fourth-order valence-corrected chi connectivity index (χ4v) is 6.31. The highest BCUT2D eigenvalue weighted by Gasteiger charge is 2.35. The average Bonchev–Trinajstić information content (AvgIpc) is 3.29. The maximum Gasteiger partial charge on any atom is 0.252 e. The molecule has 0 bridgehead atoms. The molecule has 2 amide bonds. The van der Waals surface area contributed by atoms with Gasteiger partial charge in [0.1, 0.15) is 4.21 Å². The maximum absolute atomic E-state index is 12.9. The number of nitrogens with zero attached hydrogens (tertiary/aromatic N) is 2. The highest BCUT2D eigenvalue weighted by Crippen LogP contribution is 2.27. The molecule has 9 heteroatoms. The maximum atomic E-state index is 12.9. The molecule has 1 aromatic heterocycles. The number of carbonyl (C=O) groups is 2. The third-order valence-corrected chi connectivity index (χ3v) is 8.49. The van der Waals surface area contributed by atoms with Crippen LogP contribution in [-0.4, -0.2) is 56.1 Å². The Morgan fingerprint density at radius 2 is 2.00 bits per heavy atom. The molecule has 0 spiro atoms. The Labute approximate surface area is 181 Å². The van der Waals surface area contributed by atoms with Crippen molar-refractivity contribution in [1.82, 2.24) is 9.21 Å². The normalized spacial score (nSPS) is 17.5. The van der Waals surface area contributed by atoms with Crippen molar-refractivity contribution < 1.29 is 18.0 Å². The van der Waals surface area contributed by atoms with Gasteiger partial charge in [-0.2, -0.15) is 4.31 Å². The minimum absolute atomic E-state index is 0.0783. The van der Waals surface area contributed by atoms with Gasteiger partial charge in [-0.15, -0.1) is 11.3 Å². The largest absolute Gasteiger partial charge is 0.336 e. The number of nitrogens with one attached hydrogen (secondary N) is 1. The number of rotatable bonds is 7. The Kier molecular flexibility index (Phi) is 7.27. The molecule has 1 saturated heterocycles. The summed E-state index contributed by atoms with van der Waals surface area (Å²) in [5, 5.41) is 4.59. The Balaban J connectivity index is 1.60. The number of sulfonamides is 1. The highest BCUT2D eigenvalue weighted by molar-refractivity contribution is 7.91.